The van der Waals surface area contributed by atoms with Crippen molar-refractivity contribution in [3.63, 3.8) is 0 Å². The van der Waals surface area contributed by atoms with Gasteiger partial charge in [0.25, 0.3) is 10.0 Å². The van der Waals surface area contributed by atoms with E-state index in [-0.39, 0.29) is 4.90 Å². The second kappa shape index (κ2) is 5.38. The number of benzene rings is 1. The topological polar surface area (TPSA) is 85.1 Å². The maximum Gasteiger partial charge on any atom is 0.261 e. The van der Waals surface area contributed by atoms with Crippen LogP contribution in [0.1, 0.15) is 11.3 Å². The van der Waals surface area contributed by atoms with E-state index in [1.807, 2.05) is 0 Å². The number of rotatable bonds is 4. The van der Waals surface area contributed by atoms with Crippen molar-refractivity contribution in [2.24, 2.45) is 5.73 Å². The van der Waals surface area contributed by atoms with Gasteiger partial charge in [-0.1, -0.05) is 12.1 Å². The van der Waals surface area contributed by atoms with Gasteiger partial charge in [0.2, 0.25) is 0 Å². The van der Waals surface area contributed by atoms with E-state index < -0.39 is 10.0 Å². The highest BCUT2D eigenvalue weighted by Crippen LogP contribution is 2.18. The monoisotopic (exact) mass is 277 g/mol. The van der Waals surface area contributed by atoms with Gasteiger partial charge in [-0.2, -0.15) is 0 Å². The number of aromatic nitrogens is 1. The average molecular weight is 277 g/mol. The number of nitrogens with zero attached hydrogens (tertiary/aromatic N) is 1. The summed E-state index contributed by atoms with van der Waals surface area (Å²) in [5.74, 6) is 0. The lowest BCUT2D eigenvalue weighted by Gasteiger charge is -2.10. The summed E-state index contributed by atoms with van der Waals surface area (Å²) in [7, 11) is -3.61. The molecule has 0 atom stereocenters. The van der Waals surface area contributed by atoms with E-state index in [4.69, 9.17) is 5.73 Å². The molecule has 2 rings (SSSR count). The molecular weight excluding hydrogens is 262 g/mol. The van der Waals surface area contributed by atoms with Gasteiger partial charge in [-0.15, -0.1) is 0 Å². The highest BCUT2D eigenvalue weighted by Gasteiger charge is 2.15. The van der Waals surface area contributed by atoms with Crippen LogP contribution < -0.4 is 10.5 Å². The van der Waals surface area contributed by atoms with Crippen molar-refractivity contribution < 1.29 is 8.42 Å². The third kappa shape index (κ3) is 3.10. The van der Waals surface area contributed by atoms with Crippen LogP contribution >= 0.6 is 0 Å². The largest absolute Gasteiger partial charge is 0.326 e. The lowest BCUT2D eigenvalue weighted by Crippen LogP contribution is -2.14. The van der Waals surface area contributed by atoms with Crippen molar-refractivity contribution in [2.45, 2.75) is 18.4 Å². The van der Waals surface area contributed by atoms with Crippen LogP contribution in [0.25, 0.3) is 0 Å². The summed E-state index contributed by atoms with van der Waals surface area (Å²) >= 11 is 0. The summed E-state index contributed by atoms with van der Waals surface area (Å²) in [4.78, 5) is 4.24. The standard InChI is InChI=1S/C13H15N3O2S/c1-10-13(6-3-7-15-10)16-19(17,18)12-5-2-4-11(8-12)9-14/h2-8,16H,9,14H2,1H3. The van der Waals surface area contributed by atoms with Gasteiger partial charge in [0.15, 0.2) is 0 Å². The van der Waals surface area contributed by atoms with E-state index in [1.54, 1.807) is 43.5 Å². The van der Waals surface area contributed by atoms with Gasteiger partial charge >= 0.3 is 0 Å². The third-order valence-electron chi connectivity index (χ3n) is 2.70. The molecule has 3 N–H and O–H groups in total. The van der Waals surface area contributed by atoms with Crippen LogP contribution in [0.5, 0.6) is 0 Å². The Morgan fingerprint density at radius 3 is 2.74 bits per heavy atom. The fourth-order valence-electron chi connectivity index (χ4n) is 1.64. The van der Waals surface area contributed by atoms with Crippen LogP contribution in [0.3, 0.4) is 0 Å². The maximum absolute atomic E-state index is 12.2. The number of nitrogens with two attached hydrogens (primary N) is 1. The molecule has 2 aromatic rings. The predicted molar refractivity (Wildman–Crippen MR) is 74.1 cm³/mol. The molecular formula is C13H15N3O2S. The molecule has 6 heteroatoms. The van der Waals surface area contributed by atoms with Crippen molar-refractivity contribution in [1.29, 1.82) is 0 Å². The smallest absolute Gasteiger partial charge is 0.261 e. The summed E-state index contributed by atoms with van der Waals surface area (Å²) < 4.78 is 27.0. The average Bonchev–Trinajstić information content (AvgIpc) is 2.41. The Balaban J connectivity index is 2.35. The zero-order chi connectivity index (χ0) is 13.9. The Morgan fingerprint density at radius 1 is 1.26 bits per heavy atom. The molecule has 0 aliphatic rings. The first-order chi connectivity index (χ1) is 9.03. The first-order valence-corrected chi connectivity index (χ1v) is 7.25. The minimum absolute atomic E-state index is 0.193. The lowest BCUT2D eigenvalue weighted by molar-refractivity contribution is 0.601. The quantitative estimate of drug-likeness (QED) is 0.889. The van der Waals surface area contributed by atoms with Crippen LogP contribution in [0, 0.1) is 6.92 Å². The second-order valence-electron chi connectivity index (χ2n) is 4.09. The highest BCUT2D eigenvalue weighted by molar-refractivity contribution is 7.92. The number of sulfonamides is 1. The number of hydrogen-bond acceptors (Lipinski definition) is 4. The minimum Gasteiger partial charge on any atom is -0.326 e. The Kier molecular flexibility index (Phi) is 3.82. The predicted octanol–water partition coefficient (Wildman–Crippen LogP) is 1.65. The molecule has 0 unspecified atom stereocenters. The van der Waals surface area contributed by atoms with Gasteiger partial charge in [0.05, 0.1) is 16.3 Å². The van der Waals surface area contributed by atoms with Crippen molar-refractivity contribution in [1.82, 2.24) is 4.98 Å². The van der Waals surface area contributed by atoms with Crippen molar-refractivity contribution in [2.75, 3.05) is 4.72 Å². The van der Waals surface area contributed by atoms with Crippen LogP contribution in [0.15, 0.2) is 47.5 Å². The Bertz CT molecular complexity index is 684. The molecule has 0 amide bonds. The van der Waals surface area contributed by atoms with Gasteiger partial charge in [-0.25, -0.2) is 8.42 Å². The third-order valence-corrected chi connectivity index (χ3v) is 4.06. The Morgan fingerprint density at radius 2 is 2.05 bits per heavy atom. The molecule has 1 aromatic carbocycles. The summed E-state index contributed by atoms with van der Waals surface area (Å²) in [6.07, 6.45) is 1.61. The molecule has 5 nitrogen and oxygen atoms in total. The van der Waals surface area contributed by atoms with Crippen molar-refractivity contribution >= 4 is 15.7 Å². The normalized spacial score (nSPS) is 11.3. The molecule has 0 bridgehead atoms. The fraction of sp³-hybridized carbons (Fsp3) is 0.154. The molecule has 1 heterocycles. The molecule has 100 valence electrons. The van der Waals surface area contributed by atoms with Gasteiger partial charge < -0.3 is 5.73 Å². The van der Waals surface area contributed by atoms with Crippen molar-refractivity contribution in [3.8, 4) is 0 Å². The highest BCUT2D eigenvalue weighted by atomic mass is 32.2. The SMILES string of the molecule is Cc1ncccc1NS(=O)(=O)c1cccc(CN)c1. The van der Waals surface area contributed by atoms with Crippen LogP contribution in [-0.2, 0) is 16.6 Å². The second-order valence-corrected chi connectivity index (χ2v) is 5.78. The summed E-state index contributed by atoms with van der Waals surface area (Å²) in [5.41, 5.74) is 7.38. The molecule has 0 aliphatic carbocycles. The molecule has 1 aromatic heterocycles. The van der Waals surface area contributed by atoms with Crippen LogP contribution in [0.2, 0.25) is 0 Å². The number of hydrogen-bond donors (Lipinski definition) is 2. The molecule has 0 saturated heterocycles. The zero-order valence-electron chi connectivity index (χ0n) is 10.5. The summed E-state index contributed by atoms with van der Waals surface area (Å²) in [6.45, 7) is 2.05. The number of anilines is 1. The fourth-order valence-corrected chi connectivity index (χ4v) is 2.82. The Hall–Kier alpha value is -1.92. The zero-order valence-corrected chi connectivity index (χ0v) is 11.3. The molecule has 0 radical (unpaired) electrons. The van der Waals surface area contributed by atoms with E-state index in [9.17, 15) is 8.42 Å². The van der Waals surface area contributed by atoms with E-state index in [0.29, 0.717) is 17.9 Å². The van der Waals surface area contributed by atoms with E-state index in [0.717, 1.165) is 5.56 Å². The summed E-state index contributed by atoms with van der Waals surface area (Å²) in [6, 6.07) is 9.91. The molecule has 0 spiro atoms. The van der Waals surface area contributed by atoms with Gasteiger partial charge in [-0.3, -0.25) is 9.71 Å². The number of pyridine rings is 1. The lowest BCUT2D eigenvalue weighted by atomic mass is 10.2. The van der Waals surface area contributed by atoms with Crippen molar-refractivity contribution in [3.05, 3.63) is 53.9 Å². The first-order valence-electron chi connectivity index (χ1n) is 5.76. The molecule has 0 aliphatic heterocycles. The maximum atomic E-state index is 12.2. The molecule has 0 saturated carbocycles. The van der Waals surface area contributed by atoms with Crippen LogP contribution in [-0.4, -0.2) is 13.4 Å². The Labute approximate surface area is 112 Å². The van der Waals surface area contributed by atoms with Gasteiger partial charge in [-0.05, 0) is 36.8 Å². The van der Waals surface area contributed by atoms with Gasteiger partial charge in [0.1, 0.15) is 0 Å². The van der Waals surface area contributed by atoms with Crippen LogP contribution in [0.4, 0.5) is 5.69 Å². The van der Waals surface area contributed by atoms with Gasteiger partial charge in [0, 0.05) is 12.7 Å². The molecule has 19 heavy (non-hydrogen) atoms. The number of nitrogens with one attached hydrogen (secondary N) is 1. The number of aryl methyl sites for hydroxylation is 1. The minimum atomic E-state index is -3.61. The summed E-state index contributed by atoms with van der Waals surface area (Å²) in [5, 5.41) is 0. The van der Waals surface area contributed by atoms with E-state index in [2.05, 4.69) is 9.71 Å². The molecule has 0 fully saturated rings. The van der Waals surface area contributed by atoms with E-state index in [1.165, 1.54) is 6.07 Å². The first kappa shape index (κ1) is 13.5. The van der Waals surface area contributed by atoms with E-state index >= 15 is 0 Å².